The second-order valence-corrected chi connectivity index (χ2v) is 4.07. The standard InChI is InChI=1S/C14H22N2O2/c1-3-9-15-10-11-16-14(17)13(18-2)12-7-5-4-6-8-12/h4-8,13,15H,3,9-11H2,1-2H3,(H,16,17). The Morgan fingerprint density at radius 3 is 2.56 bits per heavy atom. The van der Waals surface area contributed by atoms with E-state index >= 15 is 0 Å². The van der Waals surface area contributed by atoms with Crippen LogP contribution >= 0.6 is 0 Å². The lowest BCUT2D eigenvalue weighted by Gasteiger charge is -2.15. The molecule has 0 bridgehead atoms. The summed E-state index contributed by atoms with van der Waals surface area (Å²) in [6, 6.07) is 9.50. The number of hydrogen-bond donors (Lipinski definition) is 2. The van der Waals surface area contributed by atoms with Crippen molar-refractivity contribution in [3.63, 3.8) is 0 Å². The Bertz CT molecular complexity index is 341. The summed E-state index contributed by atoms with van der Waals surface area (Å²) in [5.74, 6) is -0.0954. The van der Waals surface area contributed by atoms with Crippen LogP contribution in [0.1, 0.15) is 25.0 Å². The molecule has 0 saturated carbocycles. The number of carbonyl (C=O) groups is 1. The fourth-order valence-electron chi connectivity index (χ4n) is 1.69. The molecule has 1 aromatic carbocycles. The van der Waals surface area contributed by atoms with Crippen LogP contribution in [0.15, 0.2) is 30.3 Å². The van der Waals surface area contributed by atoms with Crippen LogP contribution in [0.4, 0.5) is 0 Å². The first-order chi connectivity index (χ1) is 8.79. The van der Waals surface area contributed by atoms with Crippen molar-refractivity contribution in [1.82, 2.24) is 10.6 Å². The molecule has 1 atom stereocenters. The van der Waals surface area contributed by atoms with E-state index in [9.17, 15) is 4.79 Å². The first-order valence-corrected chi connectivity index (χ1v) is 6.35. The summed E-state index contributed by atoms with van der Waals surface area (Å²) in [5.41, 5.74) is 0.874. The fraction of sp³-hybridized carbons (Fsp3) is 0.500. The lowest BCUT2D eigenvalue weighted by Crippen LogP contribution is -2.35. The molecule has 0 aliphatic rings. The topological polar surface area (TPSA) is 50.4 Å². The first-order valence-electron chi connectivity index (χ1n) is 6.35. The van der Waals surface area contributed by atoms with Crippen molar-refractivity contribution in [2.75, 3.05) is 26.7 Å². The van der Waals surface area contributed by atoms with Crippen LogP contribution < -0.4 is 10.6 Å². The molecule has 1 amide bonds. The van der Waals surface area contributed by atoms with Gasteiger partial charge in [-0.3, -0.25) is 4.79 Å². The predicted octanol–water partition coefficient (Wildman–Crippen LogP) is 1.49. The Morgan fingerprint density at radius 1 is 1.22 bits per heavy atom. The third kappa shape index (κ3) is 4.85. The normalized spacial score (nSPS) is 12.1. The highest BCUT2D eigenvalue weighted by atomic mass is 16.5. The average Bonchev–Trinajstić information content (AvgIpc) is 2.40. The lowest BCUT2D eigenvalue weighted by molar-refractivity contribution is -0.131. The zero-order valence-corrected chi connectivity index (χ0v) is 11.1. The van der Waals surface area contributed by atoms with E-state index in [4.69, 9.17) is 4.74 Å². The summed E-state index contributed by atoms with van der Waals surface area (Å²) in [5, 5.41) is 6.10. The quantitative estimate of drug-likeness (QED) is 0.687. The summed E-state index contributed by atoms with van der Waals surface area (Å²) < 4.78 is 5.24. The van der Waals surface area contributed by atoms with Gasteiger partial charge in [-0.05, 0) is 18.5 Å². The van der Waals surface area contributed by atoms with Crippen molar-refractivity contribution >= 4 is 5.91 Å². The van der Waals surface area contributed by atoms with Crippen LogP contribution in [-0.2, 0) is 9.53 Å². The Morgan fingerprint density at radius 2 is 1.94 bits per heavy atom. The van der Waals surface area contributed by atoms with Gasteiger partial charge >= 0.3 is 0 Å². The number of hydrogen-bond acceptors (Lipinski definition) is 3. The van der Waals surface area contributed by atoms with Crippen molar-refractivity contribution in [1.29, 1.82) is 0 Å². The molecule has 1 aromatic rings. The number of rotatable bonds is 8. The molecule has 2 N–H and O–H groups in total. The van der Waals surface area contributed by atoms with E-state index < -0.39 is 6.10 Å². The van der Waals surface area contributed by atoms with Crippen molar-refractivity contribution in [3.8, 4) is 0 Å². The summed E-state index contributed by atoms with van der Waals surface area (Å²) in [7, 11) is 1.55. The van der Waals surface area contributed by atoms with Gasteiger partial charge in [-0.2, -0.15) is 0 Å². The van der Waals surface area contributed by atoms with Crippen LogP contribution in [0.25, 0.3) is 0 Å². The molecule has 1 unspecified atom stereocenters. The van der Waals surface area contributed by atoms with Gasteiger partial charge in [0.15, 0.2) is 6.10 Å². The molecule has 0 aliphatic heterocycles. The largest absolute Gasteiger partial charge is 0.367 e. The molecule has 4 nitrogen and oxygen atoms in total. The van der Waals surface area contributed by atoms with Gasteiger partial charge < -0.3 is 15.4 Å². The molecule has 0 spiro atoms. The van der Waals surface area contributed by atoms with Crippen LogP contribution in [0.2, 0.25) is 0 Å². The predicted molar refractivity (Wildman–Crippen MR) is 72.4 cm³/mol. The van der Waals surface area contributed by atoms with Gasteiger partial charge in [0, 0.05) is 20.2 Å². The molecule has 0 radical (unpaired) electrons. The first kappa shape index (κ1) is 14.7. The SMILES string of the molecule is CCCNCCNC(=O)C(OC)c1ccccc1. The molecule has 4 heteroatoms. The highest BCUT2D eigenvalue weighted by Gasteiger charge is 2.18. The van der Waals surface area contributed by atoms with Gasteiger partial charge in [0.1, 0.15) is 0 Å². The van der Waals surface area contributed by atoms with Gasteiger partial charge in [0.2, 0.25) is 0 Å². The average molecular weight is 250 g/mol. The van der Waals surface area contributed by atoms with E-state index in [1.54, 1.807) is 7.11 Å². The van der Waals surface area contributed by atoms with Crippen molar-refractivity contribution in [2.45, 2.75) is 19.4 Å². The van der Waals surface area contributed by atoms with Gasteiger partial charge in [-0.15, -0.1) is 0 Å². The molecule has 0 saturated heterocycles. The van der Waals surface area contributed by atoms with E-state index in [1.165, 1.54) is 0 Å². The number of amides is 1. The van der Waals surface area contributed by atoms with Gasteiger partial charge in [-0.25, -0.2) is 0 Å². The van der Waals surface area contributed by atoms with E-state index in [0.717, 1.165) is 25.1 Å². The number of benzene rings is 1. The molecule has 18 heavy (non-hydrogen) atoms. The minimum atomic E-state index is -0.530. The fourth-order valence-corrected chi connectivity index (χ4v) is 1.69. The smallest absolute Gasteiger partial charge is 0.253 e. The van der Waals surface area contributed by atoms with Crippen molar-refractivity contribution < 1.29 is 9.53 Å². The molecule has 100 valence electrons. The van der Waals surface area contributed by atoms with Gasteiger partial charge in [0.25, 0.3) is 5.91 Å². The molecular weight excluding hydrogens is 228 g/mol. The number of ether oxygens (including phenoxy) is 1. The maximum absolute atomic E-state index is 11.9. The second-order valence-electron chi connectivity index (χ2n) is 4.07. The number of nitrogens with one attached hydrogen (secondary N) is 2. The molecule has 1 rings (SSSR count). The van der Waals surface area contributed by atoms with E-state index in [-0.39, 0.29) is 5.91 Å². The Labute approximate surface area is 109 Å². The minimum Gasteiger partial charge on any atom is -0.367 e. The second kappa shape index (κ2) is 8.66. The third-order valence-electron chi connectivity index (χ3n) is 2.60. The number of methoxy groups -OCH3 is 1. The maximum Gasteiger partial charge on any atom is 0.253 e. The summed E-state index contributed by atoms with van der Waals surface area (Å²) >= 11 is 0. The van der Waals surface area contributed by atoms with Crippen molar-refractivity contribution in [2.24, 2.45) is 0 Å². The Balaban J connectivity index is 2.39. The number of carbonyl (C=O) groups excluding carboxylic acids is 1. The van der Waals surface area contributed by atoms with Crippen LogP contribution in [0, 0.1) is 0 Å². The molecule has 0 heterocycles. The molecule has 0 aromatic heterocycles. The van der Waals surface area contributed by atoms with Crippen LogP contribution in [-0.4, -0.2) is 32.7 Å². The summed E-state index contributed by atoms with van der Waals surface area (Å²) in [6.45, 7) is 4.49. The highest BCUT2D eigenvalue weighted by molar-refractivity contribution is 5.82. The third-order valence-corrected chi connectivity index (χ3v) is 2.60. The van der Waals surface area contributed by atoms with Gasteiger partial charge in [0.05, 0.1) is 0 Å². The maximum atomic E-state index is 11.9. The lowest BCUT2D eigenvalue weighted by atomic mass is 10.1. The minimum absolute atomic E-state index is 0.0954. The van der Waals surface area contributed by atoms with Crippen LogP contribution in [0.3, 0.4) is 0 Å². The van der Waals surface area contributed by atoms with Crippen LogP contribution in [0.5, 0.6) is 0 Å². The molecular formula is C14H22N2O2. The van der Waals surface area contributed by atoms with Gasteiger partial charge in [-0.1, -0.05) is 37.3 Å². The monoisotopic (exact) mass is 250 g/mol. The highest BCUT2D eigenvalue weighted by Crippen LogP contribution is 2.15. The summed E-state index contributed by atoms with van der Waals surface area (Å²) in [6.07, 6.45) is 0.566. The molecule has 0 aliphatic carbocycles. The molecule has 0 fully saturated rings. The van der Waals surface area contributed by atoms with E-state index in [2.05, 4.69) is 17.6 Å². The van der Waals surface area contributed by atoms with E-state index in [0.29, 0.717) is 6.54 Å². The van der Waals surface area contributed by atoms with Crippen molar-refractivity contribution in [3.05, 3.63) is 35.9 Å². The van der Waals surface area contributed by atoms with E-state index in [1.807, 2.05) is 30.3 Å². The zero-order chi connectivity index (χ0) is 13.2. The Hall–Kier alpha value is -1.39. The Kier molecular flexibility index (Phi) is 7.06. The zero-order valence-electron chi connectivity index (χ0n) is 11.1. The summed E-state index contributed by atoms with van der Waals surface area (Å²) in [4.78, 5) is 11.9.